The standard InChI is InChI=1S/C14H21FN2O2S2/c1-16-9-11-8-12(4-5-13(11)15)21(18,19)17-10-14(20-2)6-3-7-14/h4-5,8,16-17H,3,6-7,9-10H2,1-2H3. The normalized spacial score (nSPS) is 17.5. The Labute approximate surface area is 129 Å². The van der Waals surface area contributed by atoms with Crippen LogP contribution in [0, 0.1) is 5.82 Å². The van der Waals surface area contributed by atoms with Crippen molar-refractivity contribution in [2.45, 2.75) is 35.4 Å². The van der Waals surface area contributed by atoms with Crippen molar-refractivity contribution < 1.29 is 12.8 Å². The van der Waals surface area contributed by atoms with E-state index in [1.807, 2.05) is 6.26 Å². The van der Waals surface area contributed by atoms with E-state index in [1.54, 1.807) is 18.8 Å². The SMILES string of the molecule is CNCc1cc(S(=O)(=O)NCC2(SC)CCC2)ccc1F. The molecule has 0 unspecified atom stereocenters. The third-order valence-electron chi connectivity index (χ3n) is 3.98. The van der Waals surface area contributed by atoms with Crippen LogP contribution in [0.4, 0.5) is 4.39 Å². The van der Waals surface area contributed by atoms with Gasteiger partial charge < -0.3 is 5.32 Å². The molecule has 0 radical (unpaired) electrons. The maximum atomic E-state index is 13.6. The van der Waals surface area contributed by atoms with Crippen LogP contribution in [0.3, 0.4) is 0 Å². The van der Waals surface area contributed by atoms with Crippen LogP contribution in [0.15, 0.2) is 23.1 Å². The molecule has 0 saturated heterocycles. The van der Waals surface area contributed by atoms with E-state index in [2.05, 4.69) is 10.0 Å². The number of benzene rings is 1. The topological polar surface area (TPSA) is 58.2 Å². The van der Waals surface area contributed by atoms with E-state index in [1.165, 1.54) is 18.2 Å². The molecule has 21 heavy (non-hydrogen) atoms. The van der Waals surface area contributed by atoms with Crippen LogP contribution in [-0.2, 0) is 16.6 Å². The van der Waals surface area contributed by atoms with E-state index in [0.717, 1.165) is 19.3 Å². The van der Waals surface area contributed by atoms with Crippen LogP contribution in [-0.4, -0.2) is 33.0 Å². The number of rotatable bonds is 7. The summed E-state index contributed by atoms with van der Waals surface area (Å²) in [7, 11) is -1.90. The zero-order chi connectivity index (χ0) is 15.5. The first-order valence-corrected chi connectivity index (χ1v) is 9.61. The van der Waals surface area contributed by atoms with E-state index in [4.69, 9.17) is 0 Å². The number of hydrogen-bond donors (Lipinski definition) is 2. The van der Waals surface area contributed by atoms with Gasteiger partial charge in [-0.2, -0.15) is 11.8 Å². The molecule has 1 aromatic carbocycles. The van der Waals surface area contributed by atoms with E-state index < -0.39 is 15.8 Å². The predicted molar refractivity (Wildman–Crippen MR) is 84.4 cm³/mol. The fraction of sp³-hybridized carbons (Fsp3) is 0.571. The van der Waals surface area contributed by atoms with Gasteiger partial charge in [0.1, 0.15) is 5.82 Å². The molecule has 118 valence electrons. The van der Waals surface area contributed by atoms with Crippen molar-refractivity contribution in [3.8, 4) is 0 Å². The predicted octanol–water partition coefficient (Wildman–Crippen LogP) is 2.11. The minimum atomic E-state index is -3.60. The number of nitrogens with one attached hydrogen (secondary N) is 2. The minimum Gasteiger partial charge on any atom is -0.316 e. The van der Waals surface area contributed by atoms with Gasteiger partial charge >= 0.3 is 0 Å². The van der Waals surface area contributed by atoms with Crippen LogP contribution in [0.25, 0.3) is 0 Å². The maximum Gasteiger partial charge on any atom is 0.240 e. The number of sulfonamides is 1. The molecule has 1 aromatic rings. The molecular formula is C14H21FN2O2S2. The van der Waals surface area contributed by atoms with E-state index >= 15 is 0 Å². The molecule has 2 N–H and O–H groups in total. The molecule has 0 spiro atoms. The lowest BCUT2D eigenvalue weighted by Crippen LogP contribution is -2.45. The zero-order valence-corrected chi connectivity index (χ0v) is 13.9. The average molecular weight is 332 g/mol. The van der Waals surface area contributed by atoms with Gasteiger partial charge in [0, 0.05) is 23.4 Å². The van der Waals surface area contributed by atoms with Crippen LogP contribution in [0.5, 0.6) is 0 Å². The number of halogens is 1. The molecular weight excluding hydrogens is 311 g/mol. The molecule has 1 saturated carbocycles. The summed E-state index contributed by atoms with van der Waals surface area (Å²) in [5.74, 6) is -0.400. The van der Waals surface area contributed by atoms with Crippen molar-refractivity contribution in [1.82, 2.24) is 10.0 Å². The van der Waals surface area contributed by atoms with Gasteiger partial charge in [0.05, 0.1) is 4.90 Å². The summed E-state index contributed by atoms with van der Waals surface area (Å²) in [5.41, 5.74) is 0.351. The smallest absolute Gasteiger partial charge is 0.240 e. The number of thioether (sulfide) groups is 1. The molecule has 0 bridgehead atoms. The van der Waals surface area contributed by atoms with Crippen LogP contribution in [0.1, 0.15) is 24.8 Å². The zero-order valence-electron chi connectivity index (χ0n) is 12.3. The molecule has 7 heteroatoms. The molecule has 0 aliphatic heterocycles. The Morgan fingerprint density at radius 2 is 2.10 bits per heavy atom. The van der Waals surface area contributed by atoms with Crippen molar-refractivity contribution in [3.05, 3.63) is 29.6 Å². The summed E-state index contributed by atoms with van der Waals surface area (Å²) in [5, 5.41) is 2.83. The van der Waals surface area contributed by atoms with Crippen molar-refractivity contribution in [2.24, 2.45) is 0 Å². The first kappa shape index (κ1) is 16.7. The third-order valence-corrected chi connectivity index (χ3v) is 6.79. The lowest BCUT2D eigenvalue weighted by molar-refractivity contribution is 0.362. The Kier molecular flexibility index (Phi) is 5.29. The second kappa shape index (κ2) is 6.64. The molecule has 1 fully saturated rings. The summed E-state index contributed by atoms with van der Waals surface area (Å²) >= 11 is 1.71. The summed E-state index contributed by atoms with van der Waals surface area (Å²) in [6.07, 6.45) is 5.22. The lowest BCUT2D eigenvalue weighted by Gasteiger charge is -2.40. The quantitative estimate of drug-likeness (QED) is 0.803. The highest BCUT2D eigenvalue weighted by atomic mass is 32.2. The summed E-state index contributed by atoms with van der Waals surface area (Å²) in [6, 6.07) is 3.90. The van der Waals surface area contributed by atoms with Crippen molar-refractivity contribution in [2.75, 3.05) is 19.8 Å². The van der Waals surface area contributed by atoms with E-state index in [0.29, 0.717) is 18.7 Å². The maximum absolute atomic E-state index is 13.6. The fourth-order valence-corrected chi connectivity index (χ4v) is 4.56. The number of hydrogen-bond acceptors (Lipinski definition) is 4. The van der Waals surface area contributed by atoms with Gasteiger partial charge in [-0.25, -0.2) is 17.5 Å². The molecule has 0 heterocycles. The molecule has 0 aromatic heterocycles. The lowest BCUT2D eigenvalue weighted by atomic mass is 9.84. The van der Waals surface area contributed by atoms with Gasteiger partial charge in [-0.05, 0) is 44.3 Å². The highest BCUT2D eigenvalue weighted by Gasteiger charge is 2.37. The first-order chi connectivity index (χ1) is 9.92. The highest BCUT2D eigenvalue weighted by Crippen LogP contribution is 2.42. The van der Waals surface area contributed by atoms with Crippen molar-refractivity contribution >= 4 is 21.8 Å². The third kappa shape index (κ3) is 3.77. The fourth-order valence-electron chi connectivity index (χ4n) is 2.38. The average Bonchev–Trinajstić information content (AvgIpc) is 2.40. The summed E-state index contributed by atoms with van der Waals surface area (Å²) < 4.78 is 41.0. The largest absolute Gasteiger partial charge is 0.316 e. The second-order valence-electron chi connectivity index (χ2n) is 5.35. The summed E-state index contributed by atoms with van der Waals surface area (Å²) in [4.78, 5) is 0.115. The van der Waals surface area contributed by atoms with Gasteiger partial charge in [-0.1, -0.05) is 6.42 Å². The van der Waals surface area contributed by atoms with Gasteiger partial charge in [-0.15, -0.1) is 0 Å². The molecule has 4 nitrogen and oxygen atoms in total. The molecule has 0 amide bonds. The molecule has 2 rings (SSSR count). The van der Waals surface area contributed by atoms with Crippen LogP contribution >= 0.6 is 11.8 Å². The Balaban J connectivity index is 2.13. The van der Waals surface area contributed by atoms with Gasteiger partial charge in [0.25, 0.3) is 0 Å². The van der Waals surface area contributed by atoms with Gasteiger partial charge in [0.2, 0.25) is 10.0 Å². The van der Waals surface area contributed by atoms with E-state index in [-0.39, 0.29) is 9.64 Å². The summed E-state index contributed by atoms with van der Waals surface area (Å²) in [6.45, 7) is 0.721. The van der Waals surface area contributed by atoms with Crippen LogP contribution < -0.4 is 10.0 Å². The van der Waals surface area contributed by atoms with Gasteiger partial charge in [0.15, 0.2) is 0 Å². The molecule has 0 atom stereocenters. The Hall–Kier alpha value is -0.630. The van der Waals surface area contributed by atoms with Crippen molar-refractivity contribution in [3.63, 3.8) is 0 Å². The molecule has 1 aliphatic rings. The highest BCUT2D eigenvalue weighted by molar-refractivity contribution is 8.00. The van der Waals surface area contributed by atoms with Crippen molar-refractivity contribution in [1.29, 1.82) is 0 Å². The Bertz CT molecular complexity index is 595. The second-order valence-corrected chi connectivity index (χ2v) is 8.39. The van der Waals surface area contributed by atoms with Crippen LogP contribution in [0.2, 0.25) is 0 Å². The Morgan fingerprint density at radius 1 is 1.38 bits per heavy atom. The monoisotopic (exact) mass is 332 g/mol. The molecule has 1 aliphatic carbocycles. The Morgan fingerprint density at radius 3 is 2.62 bits per heavy atom. The first-order valence-electron chi connectivity index (χ1n) is 6.90. The van der Waals surface area contributed by atoms with E-state index in [9.17, 15) is 12.8 Å². The van der Waals surface area contributed by atoms with Gasteiger partial charge in [-0.3, -0.25) is 0 Å². The minimum absolute atomic E-state index is 0.0287.